The molecule has 2 unspecified atom stereocenters. The molecular formula is C23H19F3N2O4S. The van der Waals surface area contributed by atoms with Crippen LogP contribution in [-0.4, -0.2) is 32.1 Å². The maximum Gasteiger partial charge on any atom is 0.433 e. The van der Waals surface area contributed by atoms with Gasteiger partial charge in [-0.05, 0) is 41.3 Å². The van der Waals surface area contributed by atoms with Gasteiger partial charge < -0.3 is 5.32 Å². The van der Waals surface area contributed by atoms with E-state index >= 15 is 0 Å². The Hall–Kier alpha value is -3.27. The molecule has 1 N–H and O–H groups in total. The Labute approximate surface area is 188 Å². The van der Waals surface area contributed by atoms with Crippen LogP contribution < -0.4 is 5.32 Å². The van der Waals surface area contributed by atoms with Gasteiger partial charge in [0.2, 0.25) is 15.7 Å². The van der Waals surface area contributed by atoms with Crippen LogP contribution in [0.1, 0.15) is 36.1 Å². The van der Waals surface area contributed by atoms with Crippen LogP contribution in [0.4, 0.5) is 13.2 Å². The SMILES string of the molecule is CCCc1ccc2c(c1)C(NC(=O)C1C=CC(C(F)(F)F)=NC1=O)c1ccccc1S2(=O)=O. The first-order valence-corrected chi connectivity index (χ1v) is 11.7. The first-order valence-electron chi connectivity index (χ1n) is 10.2. The number of allylic oxidation sites excluding steroid dienone is 1. The molecule has 0 bridgehead atoms. The fourth-order valence-corrected chi connectivity index (χ4v) is 5.73. The Morgan fingerprint density at radius 3 is 2.45 bits per heavy atom. The van der Waals surface area contributed by atoms with Gasteiger partial charge in [-0.1, -0.05) is 49.8 Å². The van der Waals surface area contributed by atoms with E-state index in [9.17, 15) is 31.2 Å². The minimum absolute atomic E-state index is 0.0222. The normalized spacial score (nSPS) is 21.1. The van der Waals surface area contributed by atoms with E-state index in [1.54, 1.807) is 30.3 Å². The molecule has 2 heterocycles. The predicted octanol–water partition coefficient (Wildman–Crippen LogP) is 3.71. The van der Waals surface area contributed by atoms with Crippen molar-refractivity contribution in [1.29, 1.82) is 0 Å². The number of alkyl halides is 3. The highest BCUT2D eigenvalue weighted by Crippen LogP contribution is 2.41. The summed E-state index contributed by atoms with van der Waals surface area (Å²) in [5.74, 6) is -3.66. The number of rotatable bonds is 4. The van der Waals surface area contributed by atoms with E-state index in [0.29, 0.717) is 23.6 Å². The molecule has 10 heteroatoms. The van der Waals surface area contributed by atoms with E-state index in [1.165, 1.54) is 12.1 Å². The number of dihydropyridines is 1. The fourth-order valence-electron chi connectivity index (χ4n) is 4.00. The molecule has 0 radical (unpaired) electrons. The van der Waals surface area contributed by atoms with Crippen molar-refractivity contribution in [2.75, 3.05) is 0 Å². The molecule has 0 saturated heterocycles. The summed E-state index contributed by atoms with van der Waals surface area (Å²) >= 11 is 0. The maximum atomic E-state index is 13.2. The lowest BCUT2D eigenvalue weighted by Crippen LogP contribution is -2.40. The maximum absolute atomic E-state index is 13.2. The second-order valence-corrected chi connectivity index (χ2v) is 9.66. The highest BCUT2D eigenvalue weighted by Gasteiger charge is 2.41. The lowest BCUT2D eigenvalue weighted by molar-refractivity contribution is -0.132. The van der Waals surface area contributed by atoms with Crippen molar-refractivity contribution in [2.24, 2.45) is 10.9 Å². The van der Waals surface area contributed by atoms with Gasteiger partial charge in [0.15, 0.2) is 0 Å². The lowest BCUT2D eigenvalue weighted by Gasteiger charge is -2.30. The molecule has 2 atom stereocenters. The molecule has 0 aliphatic carbocycles. The van der Waals surface area contributed by atoms with Crippen LogP contribution in [0.25, 0.3) is 0 Å². The molecule has 0 fully saturated rings. The van der Waals surface area contributed by atoms with E-state index in [2.05, 4.69) is 10.3 Å². The number of benzene rings is 2. The molecule has 0 saturated carbocycles. The van der Waals surface area contributed by atoms with Gasteiger partial charge in [-0.3, -0.25) is 9.59 Å². The second kappa shape index (κ2) is 8.26. The number of hydrogen-bond donors (Lipinski definition) is 1. The summed E-state index contributed by atoms with van der Waals surface area (Å²) in [4.78, 5) is 28.2. The van der Waals surface area contributed by atoms with E-state index in [0.717, 1.165) is 18.1 Å². The van der Waals surface area contributed by atoms with Crippen LogP contribution >= 0.6 is 0 Å². The molecule has 2 aromatic carbocycles. The molecular weight excluding hydrogens is 457 g/mol. The van der Waals surface area contributed by atoms with E-state index in [-0.39, 0.29) is 9.79 Å². The number of nitrogens with zero attached hydrogens (tertiary/aromatic N) is 1. The van der Waals surface area contributed by atoms with Gasteiger partial charge in [0, 0.05) is 0 Å². The Bertz CT molecular complexity index is 1310. The Morgan fingerprint density at radius 2 is 1.79 bits per heavy atom. The monoisotopic (exact) mass is 476 g/mol. The number of sulfone groups is 1. The van der Waals surface area contributed by atoms with Crippen LogP contribution in [0.15, 0.2) is 69.4 Å². The number of hydrogen-bond acceptors (Lipinski definition) is 4. The van der Waals surface area contributed by atoms with Crippen molar-refractivity contribution in [3.63, 3.8) is 0 Å². The number of amides is 2. The average molecular weight is 476 g/mol. The van der Waals surface area contributed by atoms with Crippen molar-refractivity contribution in [3.8, 4) is 0 Å². The number of fused-ring (bicyclic) bond motifs is 2. The first kappa shape index (κ1) is 22.9. The van der Waals surface area contributed by atoms with Crippen molar-refractivity contribution in [1.82, 2.24) is 5.32 Å². The highest BCUT2D eigenvalue weighted by molar-refractivity contribution is 7.91. The number of aliphatic imine (C=N–C) groups is 1. The van der Waals surface area contributed by atoms with Crippen LogP contribution in [0.3, 0.4) is 0 Å². The van der Waals surface area contributed by atoms with Gasteiger partial charge in [-0.2, -0.15) is 13.2 Å². The summed E-state index contributed by atoms with van der Waals surface area (Å²) in [5, 5.41) is 2.67. The van der Waals surface area contributed by atoms with Gasteiger partial charge in [-0.25, -0.2) is 13.4 Å². The van der Waals surface area contributed by atoms with E-state index < -0.39 is 45.5 Å². The summed E-state index contributed by atoms with van der Waals surface area (Å²) in [6.07, 6.45) is -1.85. The number of carbonyl (C=O) groups is 2. The zero-order valence-electron chi connectivity index (χ0n) is 17.4. The summed E-state index contributed by atoms with van der Waals surface area (Å²) < 4.78 is 64.8. The average Bonchev–Trinajstić information content (AvgIpc) is 2.76. The minimum Gasteiger partial charge on any atom is -0.344 e. The van der Waals surface area contributed by atoms with E-state index in [1.807, 2.05) is 6.92 Å². The van der Waals surface area contributed by atoms with Crippen molar-refractivity contribution in [3.05, 3.63) is 71.3 Å². The zero-order chi connectivity index (χ0) is 24.0. The lowest BCUT2D eigenvalue weighted by atomic mass is 9.94. The van der Waals surface area contributed by atoms with Crippen molar-refractivity contribution < 1.29 is 31.2 Å². The molecule has 0 aromatic heterocycles. The Morgan fingerprint density at radius 1 is 1.09 bits per heavy atom. The van der Waals surface area contributed by atoms with Crippen LogP contribution in [0.2, 0.25) is 0 Å². The number of aryl methyl sites for hydroxylation is 1. The summed E-state index contributed by atoms with van der Waals surface area (Å²) in [6.45, 7) is 1.97. The van der Waals surface area contributed by atoms with Crippen LogP contribution in [0, 0.1) is 5.92 Å². The predicted molar refractivity (Wildman–Crippen MR) is 113 cm³/mol. The molecule has 0 spiro atoms. The minimum atomic E-state index is -4.81. The third-order valence-corrected chi connectivity index (χ3v) is 7.44. The molecule has 6 nitrogen and oxygen atoms in total. The van der Waals surface area contributed by atoms with Crippen molar-refractivity contribution >= 4 is 27.4 Å². The summed E-state index contributed by atoms with van der Waals surface area (Å²) in [6, 6.07) is 10.2. The molecule has 2 aliphatic heterocycles. The second-order valence-electron chi connectivity index (χ2n) is 7.77. The quantitative estimate of drug-likeness (QED) is 0.681. The van der Waals surface area contributed by atoms with Gasteiger partial charge in [-0.15, -0.1) is 0 Å². The molecule has 2 amide bonds. The molecule has 172 valence electrons. The molecule has 2 aliphatic rings. The summed E-state index contributed by atoms with van der Waals surface area (Å²) in [7, 11) is -3.84. The molecule has 33 heavy (non-hydrogen) atoms. The summed E-state index contributed by atoms with van der Waals surface area (Å²) in [5.41, 5.74) is 0.164. The third kappa shape index (κ3) is 4.10. The van der Waals surface area contributed by atoms with Crippen LogP contribution in [-0.2, 0) is 25.8 Å². The highest BCUT2D eigenvalue weighted by atomic mass is 32.2. The Kier molecular flexibility index (Phi) is 5.73. The molecule has 2 aromatic rings. The number of carbonyl (C=O) groups excluding carboxylic acids is 2. The standard InChI is InChI=1S/C23H19F3N2O4S/c1-2-5-13-8-10-18-16(12-13)20(14-6-3-4-7-17(14)33(18,31)32)28-22(30)15-9-11-19(23(24,25)26)27-21(15)29/h3-4,6-12,15,20H,2,5H2,1H3,(H,28,30). The smallest absolute Gasteiger partial charge is 0.344 e. The van der Waals surface area contributed by atoms with Crippen molar-refractivity contribution in [2.45, 2.75) is 41.8 Å². The first-order chi connectivity index (χ1) is 15.5. The topological polar surface area (TPSA) is 92.7 Å². The zero-order valence-corrected chi connectivity index (χ0v) is 18.2. The van der Waals surface area contributed by atoms with Gasteiger partial charge in [0.1, 0.15) is 11.6 Å². The number of nitrogens with one attached hydrogen (secondary N) is 1. The van der Waals surface area contributed by atoms with Gasteiger partial charge >= 0.3 is 6.18 Å². The van der Waals surface area contributed by atoms with Gasteiger partial charge in [0.25, 0.3) is 5.91 Å². The Balaban J connectivity index is 1.74. The van der Waals surface area contributed by atoms with Gasteiger partial charge in [0.05, 0.1) is 15.8 Å². The molecule has 4 rings (SSSR count). The van der Waals surface area contributed by atoms with Crippen LogP contribution in [0.5, 0.6) is 0 Å². The third-order valence-electron chi connectivity index (χ3n) is 5.54. The largest absolute Gasteiger partial charge is 0.433 e. The van der Waals surface area contributed by atoms with E-state index in [4.69, 9.17) is 0 Å². The number of halogens is 3. The fraction of sp³-hybridized carbons (Fsp3) is 0.261.